The molecule has 1 unspecified atom stereocenters. The van der Waals surface area contributed by atoms with E-state index in [4.69, 9.17) is 14.5 Å². The Hall–Kier alpha value is -2.74. The third kappa shape index (κ3) is 9.37. The number of aromatic nitrogens is 2. The average molecular weight is 496 g/mol. The summed E-state index contributed by atoms with van der Waals surface area (Å²) in [7, 11) is 3.77. The number of aryl methyl sites for hydroxylation is 1. The zero-order chi connectivity index (χ0) is 26.5. The largest absolute Gasteiger partial charge is 0.468 e. The van der Waals surface area contributed by atoms with Crippen molar-refractivity contribution in [2.45, 2.75) is 67.1 Å². The maximum absolute atomic E-state index is 5.46. The van der Waals surface area contributed by atoms with Gasteiger partial charge in [0.1, 0.15) is 11.9 Å². The second kappa shape index (κ2) is 15.4. The third-order valence-electron chi connectivity index (χ3n) is 6.20. The van der Waals surface area contributed by atoms with Gasteiger partial charge in [-0.25, -0.2) is 9.67 Å². The zero-order valence-corrected chi connectivity index (χ0v) is 23.5. The van der Waals surface area contributed by atoms with E-state index in [1.165, 1.54) is 16.7 Å². The summed E-state index contributed by atoms with van der Waals surface area (Å²) in [5.41, 5.74) is 5.81. The molecule has 0 saturated heterocycles. The van der Waals surface area contributed by atoms with Gasteiger partial charge in [-0.15, -0.1) is 0 Å². The lowest BCUT2D eigenvalue weighted by molar-refractivity contribution is 0.0511. The fourth-order valence-electron chi connectivity index (χ4n) is 3.77. The van der Waals surface area contributed by atoms with E-state index in [0.29, 0.717) is 0 Å². The summed E-state index contributed by atoms with van der Waals surface area (Å²) in [5.74, 6) is 1.73. The van der Waals surface area contributed by atoms with E-state index in [1.54, 1.807) is 7.11 Å². The Labute approximate surface area is 217 Å². The van der Waals surface area contributed by atoms with Crippen LogP contribution in [0.25, 0.3) is 0 Å². The molecule has 1 aromatic heterocycles. The van der Waals surface area contributed by atoms with Gasteiger partial charge in [-0.1, -0.05) is 31.2 Å². The minimum atomic E-state index is 0.0561. The number of methoxy groups -OCH3 is 1. The minimum absolute atomic E-state index is 0.0561. The molecule has 1 N–H and O–H groups in total. The van der Waals surface area contributed by atoms with Gasteiger partial charge in [-0.2, -0.15) is 5.10 Å². The highest BCUT2D eigenvalue weighted by molar-refractivity contribution is 6.00. The van der Waals surface area contributed by atoms with Gasteiger partial charge < -0.3 is 14.4 Å². The van der Waals surface area contributed by atoms with Crippen LogP contribution in [0.4, 0.5) is 5.82 Å². The standard InChI is InChI=1S/C29H45N5O2/c1-9-10-12-22(2)24(4)25(5)32-29-23(3)19-31-34(29)26(6)30-17-11-18-33(7)20-27-13-15-28(16-14-27)36-21-35-8/h10,12-16,19,26,30H,9,11,17-18,20-21H2,1-8H3/b12-10-,24-22+,32-25+. The Kier molecular flexibility index (Phi) is 12.6. The highest BCUT2D eigenvalue weighted by Gasteiger charge is 2.13. The molecule has 2 aromatic rings. The van der Waals surface area contributed by atoms with Crippen molar-refractivity contribution in [2.24, 2.45) is 4.99 Å². The lowest BCUT2D eigenvalue weighted by Gasteiger charge is -2.19. The van der Waals surface area contributed by atoms with Crippen molar-refractivity contribution in [1.82, 2.24) is 20.0 Å². The summed E-state index contributed by atoms with van der Waals surface area (Å²) in [4.78, 5) is 7.29. The van der Waals surface area contributed by atoms with Gasteiger partial charge in [0.05, 0.1) is 6.20 Å². The van der Waals surface area contributed by atoms with Crippen LogP contribution in [0.2, 0.25) is 0 Å². The van der Waals surface area contributed by atoms with Gasteiger partial charge in [0.2, 0.25) is 0 Å². The molecule has 0 radical (unpaired) electrons. The topological polar surface area (TPSA) is 63.9 Å². The van der Waals surface area contributed by atoms with Crippen LogP contribution in [0.5, 0.6) is 5.75 Å². The molecule has 2 rings (SSSR count). The van der Waals surface area contributed by atoms with Crippen LogP contribution < -0.4 is 10.1 Å². The number of nitrogens with zero attached hydrogens (tertiary/aromatic N) is 4. The Morgan fingerprint density at radius 3 is 2.61 bits per heavy atom. The molecule has 1 atom stereocenters. The van der Waals surface area contributed by atoms with E-state index in [1.807, 2.05) is 23.0 Å². The maximum Gasteiger partial charge on any atom is 0.188 e. The van der Waals surface area contributed by atoms with Gasteiger partial charge in [-0.3, -0.25) is 5.32 Å². The van der Waals surface area contributed by atoms with Crippen molar-refractivity contribution in [3.63, 3.8) is 0 Å². The summed E-state index contributed by atoms with van der Waals surface area (Å²) in [6.45, 7) is 15.8. The van der Waals surface area contributed by atoms with Crippen molar-refractivity contribution in [1.29, 1.82) is 0 Å². The predicted molar refractivity (Wildman–Crippen MR) is 150 cm³/mol. The maximum atomic E-state index is 5.46. The molecular weight excluding hydrogens is 450 g/mol. The molecule has 1 aromatic carbocycles. The fourth-order valence-corrected chi connectivity index (χ4v) is 3.77. The lowest BCUT2D eigenvalue weighted by Crippen LogP contribution is -2.28. The van der Waals surface area contributed by atoms with Crippen LogP contribution >= 0.6 is 0 Å². The summed E-state index contributed by atoms with van der Waals surface area (Å²) in [6, 6.07) is 8.17. The van der Waals surface area contributed by atoms with Crippen LogP contribution in [0.15, 0.2) is 58.8 Å². The molecule has 7 nitrogen and oxygen atoms in total. The van der Waals surface area contributed by atoms with Crippen molar-refractivity contribution >= 4 is 11.5 Å². The quantitative estimate of drug-likeness (QED) is 0.138. The molecule has 0 aliphatic rings. The molecule has 198 valence electrons. The predicted octanol–water partition coefficient (Wildman–Crippen LogP) is 6.20. The first-order chi connectivity index (χ1) is 17.3. The average Bonchev–Trinajstić information content (AvgIpc) is 3.23. The molecule has 0 spiro atoms. The molecule has 0 amide bonds. The highest BCUT2D eigenvalue weighted by atomic mass is 16.7. The van der Waals surface area contributed by atoms with Crippen LogP contribution in [0, 0.1) is 6.92 Å². The monoisotopic (exact) mass is 495 g/mol. The van der Waals surface area contributed by atoms with E-state index in [0.717, 1.165) is 55.3 Å². The second-order valence-corrected chi connectivity index (χ2v) is 9.33. The van der Waals surface area contributed by atoms with E-state index >= 15 is 0 Å². The molecule has 7 heteroatoms. The number of nitrogens with one attached hydrogen (secondary N) is 1. The van der Waals surface area contributed by atoms with E-state index in [2.05, 4.69) is 88.2 Å². The van der Waals surface area contributed by atoms with Gasteiger partial charge in [0, 0.05) is 24.9 Å². The van der Waals surface area contributed by atoms with E-state index < -0.39 is 0 Å². The number of aliphatic imine (C=N–C) groups is 1. The normalized spacial score (nSPS) is 14.0. The molecule has 0 bridgehead atoms. The Balaban J connectivity index is 1.88. The van der Waals surface area contributed by atoms with E-state index in [9.17, 15) is 0 Å². The summed E-state index contributed by atoms with van der Waals surface area (Å²) >= 11 is 0. The Morgan fingerprint density at radius 1 is 1.22 bits per heavy atom. The number of ether oxygens (including phenoxy) is 2. The van der Waals surface area contributed by atoms with Crippen molar-refractivity contribution < 1.29 is 9.47 Å². The third-order valence-corrected chi connectivity index (χ3v) is 6.20. The fraction of sp³-hybridized carbons (Fsp3) is 0.517. The van der Waals surface area contributed by atoms with E-state index in [-0.39, 0.29) is 13.0 Å². The Bertz CT molecular complexity index is 1020. The van der Waals surface area contributed by atoms with Gasteiger partial charge >= 0.3 is 0 Å². The van der Waals surface area contributed by atoms with Gasteiger partial charge in [0.15, 0.2) is 12.6 Å². The zero-order valence-electron chi connectivity index (χ0n) is 23.5. The van der Waals surface area contributed by atoms with Gasteiger partial charge in [-0.05, 0) is 96.4 Å². The SMILES string of the molecule is CC\C=C/C(C)=C(C)/C(C)=N/c1c(C)cnn1C(C)NCCCN(C)Cc1ccc(OCOC)cc1. The van der Waals surface area contributed by atoms with Gasteiger partial charge in [0.25, 0.3) is 0 Å². The highest BCUT2D eigenvalue weighted by Crippen LogP contribution is 2.23. The molecule has 0 saturated carbocycles. The molecule has 0 aliphatic carbocycles. The van der Waals surface area contributed by atoms with Crippen molar-refractivity contribution in [3.8, 4) is 5.75 Å². The number of rotatable bonds is 15. The first kappa shape index (κ1) is 29.5. The number of hydrogen-bond donors (Lipinski definition) is 1. The lowest BCUT2D eigenvalue weighted by atomic mass is 10.1. The first-order valence-corrected chi connectivity index (χ1v) is 12.8. The van der Waals surface area contributed by atoms with Crippen LogP contribution in [-0.4, -0.2) is 54.4 Å². The Morgan fingerprint density at radius 2 is 1.94 bits per heavy atom. The number of allylic oxidation sites excluding steroid dienone is 4. The number of benzene rings is 1. The van der Waals surface area contributed by atoms with Crippen molar-refractivity contribution in [3.05, 3.63) is 64.9 Å². The minimum Gasteiger partial charge on any atom is -0.468 e. The molecule has 0 fully saturated rings. The summed E-state index contributed by atoms with van der Waals surface area (Å²) in [5, 5.41) is 8.21. The molecule has 1 heterocycles. The second-order valence-electron chi connectivity index (χ2n) is 9.33. The summed E-state index contributed by atoms with van der Waals surface area (Å²) in [6.07, 6.45) is 8.38. The van der Waals surface area contributed by atoms with Crippen LogP contribution in [0.3, 0.4) is 0 Å². The molecular formula is C29H45N5O2. The smallest absolute Gasteiger partial charge is 0.188 e. The van der Waals surface area contributed by atoms with Crippen LogP contribution in [-0.2, 0) is 11.3 Å². The number of hydrogen-bond acceptors (Lipinski definition) is 6. The summed E-state index contributed by atoms with van der Waals surface area (Å²) < 4.78 is 12.4. The van der Waals surface area contributed by atoms with Crippen LogP contribution in [0.1, 0.15) is 64.8 Å². The molecule has 0 aliphatic heterocycles. The van der Waals surface area contributed by atoms with Crippen molar-refractivity contribution in [2.75, 3.05) is 34.0 Å². The molecule has 36 heavy (non-hydrogen) atoms. The first-order valence-electron chi connectivity index (χ1n) is 12.8.